The number of piperazine rings is 1. The Bertz CT molecular complexity index is 2830. The number of fused-ring (bicyclic) bond motifs is 2. The lowest BCUT2D eigenvalue weighted by Gasteiger charge is -2.44. The summed E-state index contributed by atoms with van der Waals surface area (Å²) in [6.07, 6.45) is 9.05. The van der Waals surface area contributed by atoms with E-state index in [9.17, 15) is 14.7 Å². The molecule has 17 nitrogen and oxygen atoms in total. The molecule has 10 rings (SSSR count). The van der Waals surface area contributed by atoms with Crippen LogP contribution in [0.4, 0.5) is 15.9 Å². The molecule has 5 aliphatic rings. The van der Waals surface area contributed by atoms with Gasteiger partial charge in [-0.3, -0.25) is 14.5 Å². The summed E-state index contributed by atoms with van der Waals surface area (Å²) in [7, 11) is 0. The third-order valence-electron chi connectivity index (χ3n) is 16.4. The number of piperidine rings is 2. The summed E-state index contributed by atoms with van der Waals surface area (Å²) >= 11 is 1.63. The minimum absolute atomic E-state index is 0.0746. The largest absolute Gasteiger partial charge is 0.507 e. The van der Waals surface area contributed by atoms with Crippen LogP contribution < -0.4 is 37.1 Å². The lowest BCUT2D eigenvalue weighted by atomic mass is 9.94. The Morgan fingerprint density at radius 1 is 0.922 bits per heavy atom. The average Bonchev–Trinajstić information content (AvgIpc) is 4.28. The van der Waals surface area contributed by atoms with Crippen molar-refractivity contribution in [3.05, 3.63) is 119 Å². The van der Waals surface area contributed by atoms with Gasteiger partial charge in [0.15, 0.2) is 5.82 Å². The predicted octanol–water partition coefficient (Wildman–Crippen LogP) is 7.90. The highest BCUT2D eigenvalue weighted by Crippen LogP contribution is 2.39. The van der Waals surface area contributed by atoms with E-state index in [1.54, 1.807) is 46.7 Å². The highest BCUT2D eigenvalue weighted by Gasteiger charge is 2.41. The fourth-order valence-corrected chi connectivity index (χ4v) is 12.4. The third kappa shape index (κ3) is 12.9. The summed E-state index contributed by atoms with van der Waals surface area (Å²) in [6, 6.07) is 21.2. The third-order valence-corrected chi connectivity index (χ3v) is 17.4. The number of anilines is 2. The number of hydrogen-bond acceptors (Lipinski definition) is 16. The standard InChI is InChI=1S/C40H56FN9O3.C18H21N3O2S/c1-25(2)26(3)37-20-38(46-53-37)48-16-11-27(12-17-48)21-47-15-13-36(32(41)24-47)52-39-18-28(10-14-45-39)50-29-8-9-30(50)23-49(22-29)34(40(43)44)19-33(42)31-6-4-5-7-35(31)51;1-12(20-18(23)16-4-3-9-21(16)11-22)14-5-7-15(8-6-14)17-13(2)19-10-24-17/h4-7,10,14,18-20,25-27,29-30,32,36,51H,8-9,11-13,15-17,21-24,42-44H2,1-3H3;5-8,10-12,16H,3-4,9H2,1-2H3,(H,20,23)/b33-19-;. The van der Waals surface area contributed by atoms with E-state index in [1.165, 1.54) is 4.88 Å². The van der Waals surface area contributed by atoms with Gasteiger partial charge in [0.2, 0.25) is 18.2 Å². The molecule has 77 heavy (non-hydrogen) atoms. The summed E-state index contributed by atoms with van der Waals surface area (Å²) in [5, 5.41) is 17.7. The van der Waals surface area contributed by atoms with Crippen LogP contribution in [0.2, 0.25) is 0 Å². The molecule has 2 bridgehead atoms. The number of thiazole rings is 1. The van der Waals surface area contributed by atoms with E-state index in [-0.39, 0.29) is 41.6 Å². The van der Waals surface area contributed by atoms with Crippen molar-refractivity contribution in [3.63, 3.8) is 0 Å². The Balaban J connectivity index is 0.000000251. The summed E-state index contributed by atoms with van der Waals surface area (Å²) in [6.45, 7) is 16.6. The number of phenolic OH excluding ortho intramolecular Hbond substituents is 1. The molecule has 5 aromatic rings. The fourth-order valence-electron chi connectivity index (χ4n) is 11.6. The first-order chi connectivity index (χ1) is 37.1. The van der Waals surface area contributed by atoms with Crippen LogP contribution in [-0.4, -0.2) is 130 Å². The minimum atomic E-state index is -1.09. The molecule has 0 saturated carbocycles. The Morgan fingerprint density at radius 2 is 1.66 bits per heavy atom. The number of alkyl halides is 1. The van der Waals surface area contributed by atoms with Gasteiger partial charge in [-0.2, -0.15) is 0 Å². The van der Waals surface area contributed by atoms with Crippen LogP contribution in [0.3, 0.4) is 0 Å². The number of aryl methyl sites for hydroxylation is 1. The van der Waals surface area contributed by atoms with Crippen molar-refractivity contribution in [2.45, 2.75) is 122 Å². The second-order valence-electron chi connectivity index (χ2n) is 21.9. The maximum Gasteiger partial charge on any atom is 0.243 e. The molecule has 7 atom stereocenters. The molecular formula is C58H77FN12O5S. The number of amides is 2. The number of nitrogens with zero attached hydrogens (tertiary/aromatic N) is 8. The average molecular weight is 1070 g/mol. The van der Waals surface area contributed by atoms with Crippen molar-refractivity contribution in [3.8, 4) is 22.1 Å². The molecule has 8 heterocycles. The smallest absolute Gasteiger partial charge is 0.243 e. The van der Waals surface area contributed by atoms with Crippen LogP contribution >= 0.6 is 11.3 Å². The van der Waals surface area contributed by atoms with Gasteiger partial charge in [-0.15, -0.1) is 11.3 Å². The van der Waals surface area contributed by atoms with E-state index in [0.29, 0.717) is 73.2 Å². The summed E-state index contributed by atoms with van der Waals surface area (Å²) in [5.74, 6) is 3.93. The lowest BCUT2D eigenvalue weighted by molar-refractivity contribution is -0.131. The van der Waals surface area contributed by atoms with Gasteiger partial charge in [0, 0.05) is 106 Å². The van der Waals surface area contributed by atoms with E-state index in [2.05, 4.69) is 79.0 Å². The normalized spacial score (nSPS) is 22.8. The number of pyridine rings is 1. The zero-order valence-corrected chi connectivity index (χ0v) is 46.0. The Labute approximate surface area is 456 Å². The molecule has 5 saturated heterocycles. The number of nitrogens with one attached hydrogen (secondary N) is 1. The molecule has 0 radical (unpaired) electrons. The molecule has 2 amide bonds. The number of para-hydroxylation sites is 1. The number of rotatable bonds is 16. The van der Waals surface area contributed by atoms with Crippen molar-refractivity contribution in [1.82, 2.24) is 35.1 Å². The van der Waals surface area contributed by atoms with Gasteiger partial charge in [0.1, 0.15) is 35.6 Å². The molecule has 5 fully saturated rings. The topological polar surface area (TPSA) is 222 Å². The van der Waals surface area contributed by atoms with E-state index < -0.39 is 12.3 Å². The number of nitrogens with two attached hydrogens (primary N) is 3. The van der Waals surface area contributed by atoms with Gasteiger partial charge in [-0.1, -0.05) is 62.3 Å². The van der Waals surface area contributed by atoms with Crippen molar-refractivity contribution in [2.24, 2.45) is 29.0 Å². The molecule has 3 aromatic heterocycles. The van der Waals surface area contributed by atoms with Gasteiger partial charge in [-0.25, -0.2) is 14.4 Å². The van der Waals surface area contributed by atoms with Crippen LogP contribution in [0.1, 0.15) is 107 Å². The maximum absolute atomic E-state index is 15.7. The Kier molecular flexibility index (Phi) is 17.6. The van der Waals surface area contributed by atoms with Crippen LogP contribution in [0.25, 0.3) is 16.1 Å². The number of carbonyl (C=O) groups is 2. The Hall–Kier alpha value is -6.86. The number of allylic oxidation sites excluding steroid dienone is 1. The number of ether oxygens (including phenoxy) is 1. The van der Waals surface area contributed by atoms with Crippen molar-refractivity contribution in [2.75, 3.05) is 62.2 Å². The van der Waals surface area contributed by atoms with Crippen LogP contribution in [0.15, 0.2) is 101 Å². The Morgan fingerprint density at radius 3 is 2.32 bits per heavy atom. The molecule has 2 aromatic carbocycles. The van der Waals surface area contributed by atoms with Crippen LogP contribution in [0, 0.1) is 18.8 Å². The summed E-state index contributed by atoms with van der Waals surface area (Å²) < 4.78 is 27.6. The summed E-state index contributed by atoms with van der Waals surface area (Å²) in [5.41, 5.74) is 26.4. The van der Waals surface area contributed by atoms with Crippen LogP contribution in [0.5, 0.6) is 11.6 Å². The SMILES string of the molecule is CC(C)C(C)c1cc(N2CCC(CN3CCC(Oc4cc(N5C6CCC5CN(C(/C=C(\N)c5ccccc5O)=C(N)N)C6)ccn4)C(F)C3)CC2)no1.Cc1ncsc1-c1ccc(C(C)NC(=O)C2CCCN2C=O)cc1. The molecule has 7 unspecified atom stereocenters. The molecule has 412 valence electrons. The van der Waals surface area contributed by atoms with Crippen molar-refractivity contribution in [1.29, 1.82) is 0 Å². The van der Waals surface area contributed by atoms with Gasteiger partial charge >= 0.3 is 0 Å². The van der Waals surface area contributed by atoms with E-state index in [4.69, 9.17) is 26.5 Å². The monoisotopic (exact) mass is 1070 g/mol. The highest BCUT2D eigenvalue weighted by molar-refractivity contribution is 7.13. The first-order valence-corrected chi connectivity index (χ1v) is 28.3. The number of hydrogen-bond donors (Lipinski definition) is 5. The number of aromatic nitrogens is 3. The van der Waals surface area contributed by atoms with Crippen LogP contribution in [-0.2, 0) is 9.59 Å². The fraction of sp³-hybridized carbons (Fsp3) is 0.500. The van der Waals surface area contributed by atoms with Gasteiger partial charge in [0.25, 0.3) is 0 Å². The minimum Gasteiger partial charge on any atom is -0.507 e. The van der Waals surface area contributed by atoms with E-state index in [0.717, 1.165) is 105 Å². The van der Waals surface area contributed by atoms with Gasteiger partial charge < -0.3 is 56.5 Å². The first-order valence-electron chi connectivity index (χ1n) is 27.4. The van der Waals surface area contributed by atoms with E-state index in [1.807, 2.05) is 49.7 Å². The first kappa shape index (κ1) is 54.9. The maximum atomic E-state index is 15.7. The molecule has 8 N–H and O–H groups in total. The highest BCUT2D eigenvalue weighted by atomic mass is 32.1. The zero-order chi connectivity index (χ0) is 54.3. The number of benzene rings is 2. The number of likely N-dealkylation sites (tertiary alicyclic amines) is 3. The molecule has 0 aliphatic carbocycles. The van der Waals surface area contributed by atoms with Gasteiger partial charge in [0.05, 0.1) is 27.8 Å². The molecule has 19 heteroatoms. The quantitative estimate of drug-likeness (QED) is 0.0468. The predicted molar refractivity (Wildman–Crippen MR) is 300 cm³/mol. The number of aromatic hydroxyl groups is 1. The number of halogens is 1. The van der Waals surface area contributed by atoms with E-state index >= 15 is 4.39 Å². The van der Waals surface area contributed by atoms with Crippen molar-refractivity contribution < 1.29 is 28.3 Å². The zero-order valence-electron chi connectivity index (χ0n) is 45.1. The second kappa shape index (κ2) is 24.6. The molecular weight excluding hydrogens is 996 g/mol. The lowest BCUT2D eigenvalue weighted by Crippen LogP contribution is -2.54. The van der Waals surface area contributed by atoms with Gasteiger partial charge in [-0.05, 0) is 106 Å². The number of phenols is 1. The number of carbonyl (C=O) groups excluding carboxylic acids is 2. The molecule has 5 aliphatic heterocycles. The second-order valence-corrected chi connectivity index (χ2v) is 22.8. The summed E-state index contributed by atoms with van der Waals surface area (Å²) in [4.78, 5) is 44.1. The molecule has 0 spiro atoms. The van der Waals surface area contributed by atoms with Crippen molar-refractivity contribution >= 4 is 40.9 Å².